The van der Waals surface area contributed by atoms with Gasteiger partial charge in [0.15, 0.2) is 0 Å². The number of benzene rings is 1. The molecule has 27 heavy (non-hydrogen) atoms. The molecule has 2 aliphatic heterocycles. The molecule has 0 spiro atoms. The van der Waals surface area contributed by atoms with E-state index in [1.807, 2.05) is 6.07 Å². The fraction of sp³-hybridized carbons (Fsp3) is 0.438. The number of hydrogen-bond acceptors (Lipinski definition) is 5. The lowest BCUT2D eigenvalue weighted by molar-refractivity contribution is -0.161. The van der Waals surface area contributed by atoms with Crippen molar-refractivity contribution in [3.05, 3.63) is 35.9 Å². The highest BCUT2D eigenvalue weighted by Gasteiger charge is 2.64. The highest BCUT2D eigenvalue weighted by Crippen LogP contribution is 2.50. The monoisotopic (exact) mass is 403 g/mol. The molecule has 0 bridgehead atoms. The second kappa shape index (κ2) is 8.67. The van der Waals surface area contributed by atoms with E-state index < -0.39 is 34.7 Å². The van der Waals surface area contributed by atoms with Gasteiger partial charge in [-0.2, -0.15) is 0 Å². The molecule has 2 saturated heterocycles. The first-order valence-corrected chi connectivity index (χ1v) is 8.45. The lowest BCUT2D eigenvalue weighted by Crippen LogP contribution is -2.71. The minimum Gasteiger partial charge on any atom is -0.480 e. The maximum atomic E-state index is 12.3. The molecule has 1 aromatic carbocycles. The topological polar surface area (TPSA) is 207 Å². The molecule has 0 radical (unpaired) electrons. The smallest absolute Gasteiger partial charge is 0.327 e. The van der Waals surface area contributed by atoms with Gasteiger partial charge in [0, 0.05) is 4.75 Å². The molecule has 10 nitrogen and oxygen atoms in total. The minimum absolute atomic E-state index is 0. The molecule has 0 aromatic heterocycles. The van der Waals surface area contributed by atoms with Gasteiger partial charge in [0.1, 0.15) is 23.5 Å². The van der Waals surface area contributed by atoms with Crippen LogP contribution in [0.2, 0.25) is 0 Å². The van der Waals surface area contributed by atoms with E-state index >= 15 is 0 Å². The van der Waals surface area contributed by atoms with Gasteiger partial charge in [-0.05, 0) is 19.4 Å². The summed E-state index contributed by atoms with van der Waals surface area (Å²) in [4.78, 5) is 37.5. The van der Waals surface area contributed by atoms with E-state index in [1.54, 1.807) is 38.1 Å². The number of nitrogens with two attached hydrogens (primary N) is 1. The fourth-order valence-electron chi connectivity index (χ4n) is 3.20. The average Bonchev–Trinajstić information content (AvgIpc) is 2.80. The fourth-order valence-corrected chi connectivity index (χ4v) is 4.83. The Kier molecular flexibility index (Phi) is 7.97. The highest BCUT2D eigenvalue weighted by molar-refractivity contribution is 8.01. The first-order chi connectivity index (χ1) is 11.2. The number of thioether (sulfide) groups is 1. The van der Waals surface area contributed by atoms with Crippen molar-refractivity contribution in [2.45, 2.75) is 42.1 Å². The molecule has 3 rings (SSSR count). The SMILES string of the molecule is CC1(C)S[C@@H]2[C@H](NC(=O)[C@H](N)c3ccccc3)C(=O)N2[C@H]1C(=O)O.O.O.O. The van der Waals surface area contributed by atoms with E-state index in [2.05, 4.69) is 5.32 Å². The van der Waals surface area contributed by atoms with E-state index in [0.29, 0.717) is 5.56 Å². The highest BCUT2D eigenvalue weighted by atomic mass is 32.2. The number of nitrogens with zero attached hydrogens (tertiary/aromatic N) is 1. The normalized spacial score (nSPS) is 25.5. The van der Waals surface area contributed by atoms with Crippen LogP contribution < -0.4 is 11.1 Å². The number of hydrogen-bond donors (Lipinski definition) is 3. The number of β-lactam (4-membered cyclic amide) rings is 1. The third-order valence-corrected chi connectivity index (χ3v) is 5.99. The van der Waals surface area contributed by atoms with Crippen LogP contribution in [0.5, 0.6) is 0 Å². The summed E-state index contributed by atoms with van der Waals surface area (Å²) in [6.07, 6.45) is 0. The maximum absolute atomic E-state index is 12.3. The van der Waals surface area contributed by atoms with Gasteiger partial charge in [0.25, 0.3) is 0 Å². The molecule has 1 aromatic rings. The van der Waals surface area contributed by atoms with Crippen LogP contribution in [0.25, 0.3) is 0 Å². The first kappa shape index (κ1) is 24.8. The zero-order valence-corrected chi connectivity index (χ0v) is 15.6. The van der Waals surface area contributed by atoms with Gasteiger partial charge in [-0.3, -0.25) is 9.59 Å². The van der Waals surface area contributed by atoms with Crippen molar-refractivity contribution in [1.82, 2.24) is 10.2 Å². The molecule has 0 unspecified atom stereocenters. The minimum atomic E-state index is -1.03. The standard InChI is InChI=1S/C16H19N3O4S.3H2O/c1-16(2)11(15(22)23)19-13(21)10(14(19)24-16)18-12(20)9(17)8-6-4-3-5-7-8;;;/h3-7,9-11,14H,17H2,1-2H3,(H,18,20)(H,22,23);3*1H2/t9-,10-,11+,14-;;;/m1.../s1. The van der Waals surface area contributed by atoms with Crippen LogP contribution in [-0.4, -0.2) is 66.4 Å². The Labute approximate surface area is 160 Å². The molecule has 11 heteroatoms. The van der Waals surface area contributed by atoms with Crippen molar-refractivity contribution in [1.29, 1.82) is 0 Å². The third-order valence-electron chi connectivity index (χ3n) is 4.41. The number of carboxylic acid groups (broad SMARTS) is 1. The van der Waals surface area contributed by atoms with E-state index in [1.165, 1.54) is 16.7 Å². The number of aliphatic carboxylic acids is 1. The number of carboxylic acids is 1. The lowest BCUT2D eigenvalue weighted by atomic mass is 9.95. The maximum Gasteiger partial charge on any atom is 0.327 e. The van der Waals surface area contributed by atoms with Crippen molar-refractivity contribution in [3.63, 3.8) is 0 Å². The Hall–Kier alpha value is -2.18. The lowest BCUT2D eigenvalue weighted by Gasteiger charge is -2.43. The first-order valence-electron chi connectivity index (χ1n) is 7.58. The molecule has 0 aliphatic carbocycles. The van der Waals surface area contributed by atoms with Gasteiger partial charge in [-0.15, -0.1) is 11.8 Å². The second-order valence-electron chi connectivity index (χ2n) is 6.47. The van der Waals surface area contributed by atoms with Crippen LogP contribution >= 0.6 is 11.8 Å². The Morgan fingerprint density at radius 3 is 2.30 bits per heavy atom. The molecule has 10 N–H and O–H groups in total. The van der Waals surface area contributed by atoms with E-state index in [9.17, 15) is 19.5 Å². The number of carbonyl (C=O) groups is 3. The summed E-state index contributed by atoms with van der Waals surface area (Å²) in [5, 5.41) is 11.7. The Bertz CT molecular complexity index is 701. The van der Waals surface area contributed by atoms with Gasteiger partial charge in [-0.25, -0.2) is 4.79 Å². The van der Waals surface area contributed by atoms with Crippen molar-refractivity contribution in [2.75, 3.05) is 0 Å². The molecule has 0 saturated carbocycles. The van der Waals surface area contributed by atoms with Crippen LogP contribution in [-0.2, 0) is 14.4 Å². The van der Waals surface area contributed by atoms with Gasteiger partial charge >= 0.3 is 5.97 Å². The molecule has 2 fully saturated rings. The zero-order valence-electron chi connectivity index (χ0n) is 14.8. The Morgan fingerprint density at radius 2 is 1.78 bits per heavy atom. The van der Waals surface area contributed by atoms with Crippen LogP contribution in [0.1, 0.15) is 25.5 Å². The summed E-state index contributed by atoms with van der Waals surface area (Å²) >= 11 is 1.38. The average molecular weight is 403 g/mol. The molecule has 2 amide bonds. The number of fused-ring (bicyclic) bond motifs is 1. The predicted molar refractivity (Wildman–Crippen MR) is 99.9 cm³/mol. The summed E-state index contributed by atoms with van der Waals surface area (Å²) in [6.45, 7) is 3.58. The Morgan fingerprint density at radius 1 is 1.22 bits per heavy atom. The zero-order chi connectivity index (χ0) is 17.6. The van der Waals surface area contributed by atoms with E-state index in [-0.39, 0.29) is 27.7 Å². The van der Waals surface area contributed by atoms with Crippen molar-refractivity contribution >= 4 is 29.5 Å². The summed E-state index contributed by atoms with van der Waals surface area (Å²) in [6, 6.07) is 6.38. The number of carbonyl (C=O) groups excluding carboxylic acids is 2. The van der Waals surface area contributed by atoms with E-state index in [4.69, 9.17) is 5.73 Å². The third kappa shape index (κ3) is 4.06. The quantitative estimate of drug-likeness (QED) is 0.477. The summed E-state index contributed by atoms with van der Waals surface area (Å²) in [5.74, 6) is -1.86. The van der Waals surface area contributed by atoms with Crippen molar-refractivity contribution in [3.8, 4) is 0 Å². The Balaban J connectivity index is 0.00000225. The van der Waals surface area contributed by atoms with Crippen LogP contribution in [0, 0.1) is 0 Å². The number of amides is 2. The summed E-state index contributed by atoms with van der Waals surface area (Å²) in [7, 11) is 0. The van der Waals surface area contributed by atoms with Gasteiger partial charge in [0.2, 0.25) is 11.8 Å². The predicted octanol–water partition coefficient (Wildman–Crippen LogP) is -2.16. The molecule has 152 valence electrons. The van der Waals surface area contributed by atoms with Crippen LogP contribution in [0.3, 0.4) is 0 Å². The molecule has 4 atom stereocenters. The number of rotatable bonds is 4. The van der Waals surface area contributed by atoms with Crippen molar-refractivity contribution < 1.29 is 35.9 Å². The molecular weight excluding hydrogens is 378 g/mol. The molecule has 2 heterocycles. The van der Waals surface area contributed by atoms with Gasteiger partial charge in [-0.1, -0.05) is 30.3 Å². The second-order valence-corrected chi connectivity index (χ2v) is 8.24. The largest absolute Gasteiger partial charge is 0.480 e. The summed E-state index contributed by atoms with van der Waals surface area (Å²) < 4.78 is -0.618. The van der Waals surface area contributed by atoms with Crippen LogP contribution in [0.4, 0.5) is 0 Å². The van der Waals surface area contributed by atoms with Crippen molar-refractivity contribution in [2.24, 2.45) is 5.73 Å². The van der Waals surface area contributed by atoms with E-state index in [0.717, 1.165) is 0 Å². The van der Waals surface area contributed by atoms with Crippen LogP contribution in [0.15, 0.2) is 30.3 Å². The number of nitrogens with one attached hydrogen (secondary N) is 1. The summed E-state index contributed by atoms with van der Waals surface area (Å²) in [5.41, 5.74) is 6.59. The van der Waals surface area contributed by atoms with Gasteiger partial charge in [0.05, 0.1) is 0 Å². The molecular formula is C16H25N3O7S. The van der Waals surface area contributed by atoms with Gasteiger partial charge < -0.3 is 37.5 Å². The molecule has 2 aliphatic rings.